The van der Waals surface area contributed by atoms with Gasteiger partial charge in [0.1, 0.15) is 0 Å². The van der Waals surface area contributed by atoms with E-state index in [1.165, 1.54) is 12.1 Å². The molecule has 2 rings (SSSR count). The van der Waals surface area contributed by atoms with Gasteiger partial charge >= 0.3 is 0 Å². The molecule has 1 aromatic carbocycles. The number of rotatable bonds is 3. The van der Waals surface area contributed by atoms with Crippen LogP contribution in [0.3, 0.4) is 0 Å². The highest BCUT2D eigenvalue weighted by Crippen LogP contribution is 2.34. The van der Waals surface area contributed by atoms with Crippen LogP contribution in [0, 0.1) is 0 Å². The van der Waals surface area contributed by atoms with E-state index in [2.05, 4.69) is 10.3 Å². The van der Waals surface area contributed by atoms with Gasteiger partial charge in [0.2, 0.25) is 5.91 Å². The average Bonchev–Trinajstić information content (AvgIpc) is 2.37. The minimum atomic E-state index is -0.217. The van der Waals surface area contributed by atoms with Crippen molar-refractivity contribution in [2.45, 2.75) is 6.42 Å². The number of aromatic nitrogens is 1. The van der Waals surface area contributed by atoms with E-state index in [1.807, 2.05) is 6.07 Å². The quantitative estimate of drug-likeness (QED) is 0.855. The van der Waals surface area contributed by atoms with Crippen molar-refractivity contribution in [1.82, 2.24) is 4.98 Å². The van der Waals surface area contributed by atoms with Crippen LogP contribution in [-0.4, -0.2) is 16.0 Å². The van der Waals surface area contributed by atoms with Gasteiger partial charge in [-0.2, -0.15) is 0 Å². The molecule has 1 amide bonds. The Bertz CT molecular complexity index is 580. The smallest absolute Gasteiger partial charge is 0.228 e. The van der Waals surface area contributed by atoms with E-state index in [1.54, 1.807) is 18.5 Å². The standard InChI is InChI=1S/C13H10Cl2N2O2/c14-10-5-9(6-11(15)13(10)19)17-12(18)4-8-2-1-3-16-7-8/h1-3,5-7,19H,4H2,(H,17,18). The highest BCUT2D eigenvalue weighted by molar-refractivity contribution is 6.37. The number of aromatic hydroxyl groups is 1. The second kappa shape index (κ2) is 5.91. The average molecular weight is 297 g/mol. The fourth-order valence-corrected chi connectivity index (χ4v) is 2.02. The number of halogens is 2. The van der Waals surface area contributed by atoms with Gasteiger partial charge in [-0.05, 0) is 23.8 Å². The Morgan fingerprint density at radius 2 is 2.00 bits per heavy atom. The Labute approximate surface area is 120 Å². The summed E-state index contributed by atoms with van der Waals surface area (Å²) in [6.07, 6.45) is 3.46. The van der Waals surface area contributed by atoms with E-state index in [-0.39, 0.29) is 28.1 Å². The molecule has 0 unspecified atom stereocenters. The van der Waals surface area contributed by atoms with Crippen molar-refractivity contribution in [2.75, 3.05) is 5.32 Å². The lowest BCUT2D eigenvalue weighted by atomic mass is 10.2. The number of anilines is 1. The van der Waals surface area contributed by atoms with Crippen LogP contribution in [0.4, 0.5) is 5.69 Å². The molecule has 2 aromatic rings. The first kappa shape index (κ1) is 13.6. The molecule has 0 radical (unpaired) electrons. The van der Waals surface area contributed by atoms with Crippen molar-refractivity contribution in [3.8, 4) is 5.75 Å². The minimum Gasteiger partial charge on any atom is -0.505 e. The summed E-state index contributed by atoms with van der Waals surface area (Å²) in [5.41, 5.74) is 1.23. The SMILES string of the molecule is O=C(Cc1cccnc1)Nc1cc(Cl)c(O)c(Cl)c1. The number of phenols is 1. The van der Waals surface area contributed by atoms with E-state index in [0.29, 0.717) is 5.69 Å². The highest BCUT2D eigenvalue weighted by atomic mass is 35.5. The molecule has 4 nitrogen and oxygen atoms in total. The Balaban J connectivity index is 2.07. The monoisotopic (exact) mass is 296 g/mol. The summed E-state index contributed by atoms with van der Waals surface area (Å²) >= 11 is 11.5. The van der Waals surface area contributed by atoms with E-state index in [4.69, 9.17) is 23.2 Å². The lowest BCUT2D eigenvalue weighted by Gasteiger charge is -2.07. The molecule has 0 aliphatic rings. The molecular formula is C13H10Cl2N2O2. The number of pyridine rings is 1. The number of benzene rings is 1. The zero-order chi connectivity index (χ0) is 13.8. The van der Waals surface area contributed by atoms with Gasteiger partial charge in [-0.25, -0.2) is 0 Å². The number of hydrogen-bond acceptors (Lipinski definition) is 3. The Morgan fingerprint density at radius 3 is 2.58 bits per heavy atom. The van der Waals surface area contributed by atoms with Crippen LogP contribution in [0.2, 0.25) is 10.0 Å². The van der Waals surface area contributed by atoms with Gasteiger partial charge in [-0.3, -0.25) is 9.78 Å². The lowest BCUT2D eigenvalue weighted by molar-refractivity contribution is -0.115. The second-order valence-corrected chi connectivity index (χ2v) is 4.69. The molecule has 1 heterocycles. The van der Waals surface area contributed by atoms with Gasteiger partial charge in [-0.1, -0.05) is 29.3 Å². The third-order valence-corrected chi connectivity index (χ3v) is 2.96. The number of phenolic OH excluding ortho intramolecular Hbond substituents is 1. The Morgan fingerprint density at radius 1 is 1.32 bits per heavy atom. The largest absolute Gasteiger partial charge is 0.505 e. The maximum atomic E-state index is 11.8. The fourth-order valence-electron chi connectivity index (χ4n) is 1.53. The number of amides is 1. The summed E-state index contributed by atoms with van der Waals surface area (Å²) < 4.78 is 0. The van der Waals surface area contributed by atoms with E-state index in [9.17, 15) is 9.90 Å². The lowest BCUT2D eigenvalue weighted by Crippen LogP contribution is -2.14. The summed E-state index contributed by atoms with van der Waals surface area (Å²) in [6.45, 7) is 0. The molecule has 0 saturated carbocycles. The van der Waals surface area contributed by atoms with Crippen LogP contribution in [-0.2, 0) is 11.2 Å². The third-order valence-electron chi connectivity index (χ3n) is 2.39. The molecule has 0 spiro atoms. The number of hydrogen-bond donors (Lipinski definition) is 2. The van der Waals surface area contributed by atoms with E-state index >= 15 is 0 Å². The third kappa shape index (κ3) is 3.59. The molecule has 0 bridgehead atoms. The summed E-state index contributed by atoms with van der Waals surface area (Å²) in [7, 11) is 0. The highest BCUT2D eigenvalue weighted by Gasteiger charge is 2.09. The summed E-state index contributed by atoms with van der Waals surface area (Å²) in [5, 5.41) is 12.2. The summed E-state index contributed by atoms with van der Waals surface area (Å²) in [4.78, 5) is 15.7. The Hall–Kier alpha value is -1.78. The van der Waals surface area contributed by atoms with Crippen molar-refractivity contribution >= 4 is 34.8 Å². The predicted molar refractivity (Wildman–Crippen MR) is 74.7 cm³/mol. The van der Waals surface area contributed by atoms with Gasteiger partial charge in [0, 0.05) is 18.1 Å². The van der Waals surface area contributed by atoms with Crippen LogP contribution >= 0.6 is 23.2 Å². The first-order valence-electron chi connectivity index (χ1n) is 5.43. The topological polar surface area (TPSA) is 62.2 Å². The molecule has 2 N–H and O–H groups in total. The summed E-state index contributed by atoms with van der Waals surface area (Å²) in [6, 6.07) is 6.44. The van der Waals surface area contributed by atoms with Crippen molar-refractivity contribution in [2.24, 2.45) is 0 Å². The van der Waals surface area contributed by atoms with Gasteiger partial charge in [0.05, 0.1) is 16.5 Å². The number of carbonyl (C=O) groups excluding carboxylic acids is 1. The first-order valence-corrected chi connectivity index (χ1v) is 6.18. The molecule has 98 valence electrons. The molecule has 0 aliphatic heterocycles. The van der Waals surface area contributed by atoms with Crippen LogP contribution < -0.4 is 5.32 Å². The predicted octanol–water partition coefficient (Wildman–Crippen LogP) is 3.28. The molecule has 0 fully saturated rings. The normalized spacial score (nSPS) is 10.2. The Kier molecular flexibility index (Phi) is 4.24. The molecule has 6 heteroatoms. The number of nitrogens with one attached hydrogen (secondary N) is 1. The fraction of sp³-hybridized carbons (Fsp3) is 0.0769. The molecule has 0 atom stereocenters. The van der Waals surface area contributed by atoms with E-state index in [0.717, 1.165) is 5.56 Å². The van der Waals surface area contributed by atoms with Crippen molar-refractivity contribution in [3.05, 3.63) is 52.3 Å². The van der Waals surface area contributed by atoms with Gasteiger partial charge < -0.3 is 10.4 Å². The second-order valence-electron chi connectivity index (χ2n) is 3.87. The van der Waals surface area contributed by atoms with Gasteiger partial charge in [-0.15, -0.1) is 0 Å². The molecular weight excluding hydrogens is 287 g/mol. The number of carbonyl (C=O) groups is 1. The first-order chi connectivity index (χ1) is 9.06. The van der Waals surface area contributed by atoms with Crippen LogP contribution in [0.1, 0.15) is 5.56 Å². The maximum absolute atomic E-state index is 11.8. The maximum Gasteiger partial charge on any atom is 0.228 e. The molecule has 19 heavy (non-hydrogen) atoms. The van der Waals surface area contributed by atoms with Crippen molar-refractivity contribution in [1.29, 1.82) is 0 Å². The van der Waals surface area contributed by atoms with Crippen LogP contribution in [0.5, 0.6) is 5.75 Å². The van der Waals surface area contributed by atoms with Gasteiger partial charge in [0.25, 0.3) is 0 Å². The zero-order valence-electron chi connectivity index (χ0n) is 9.73. The van der Waals surface area contributed by atoms with Crippen molar-refractivity contribution in [3.63, 3.8) is 0 Å². The zero-order valence-corrected chi connectivity index (χ0v) is 11.2. The molecule has 1 aromatic heterocycles. The molecule has 0 saturated heterocycles. The summed E-state index contributed by atoms with van der Waals surface area (Å²) in [5.74, 6) is -0.417. The number of nitrogens with zero attached hydrogens (tertiary/aromatic N) is 1. The minimum absolute atomic E-state index is 0.0872. The van der Waals surface area contributed by atoms with E-state index < -0.39 is 0 Å². The van der Waals surface area contributed by atoms with Crippen LogP contribution in [0.15, 0.2) is 36.7 Å². The molecule has 0 aliphatic carbocycles. The van der Waals surface area contributed by atoms with Crippen molar-refractivity contribution < 1.29 is 9.90 Å². The van der Waals surface area contributed by atoms with Crippen LogP contribution in [0.25, 0.3) is 0 Å². The van der Waals surface area contributed by atoms with Gasteiger partial charge in [0.15, 0.2) is 5.75 Å².